The van der Waals surface area contributed by atoms with Crippen molar-refractivity contribution in [3.05, 3.63) is 29.8 Å². The Morgan fingerprint density at radius 1 is 1.15 bits per heavy atom. The van der Waals surface area contributed by atoms with Gasteiger partial charge in [0.2, 0.25) is 15.9 Å². The van der Waals surface area contributed by atoms with Gasteiger partial charge in [-0.2, -0.15) is 0 Å². The number of esters is 1. The number of nitrogens with one attached hydrogen (secondary N) is 1. The summed E-state index contributed by atoms with van der Waals surface area (Å²) in [5.41, 5.74) is 0.706. The molecule has 0 radical (unpaired) electrons. The van der Waals surface area contributed by atoms with E-state index in [4.69, 9.17) is 0 Å². The second kappa shape index (κ2) is 7.59. The van der Waals surface area contributed by atoms with E-state index in [9.17, 15) is 18.0 Å². The minimum atomic E-state index is -3.33. The lowest BCUT2D eigenvalue weighted by Gasteiger charge is -2.37. The number of ether oxygens (including phenoxy) is 1. The molecule has 1 N–H and O–H groups in total. The fraction of sp³-hybridized carbons (Fsp3) is 0.579. The van der Waals surface area contributed by atoms with Crippen molar-refractivity contribution in [2.45, 2.75) is 32.1 Å². The zero-order valence-corrected chi connectivity index (χ0v) is 16.5. The fourth-order valence-corrected chi connectivity index (χ4v) is 5.25. The highest BCUT2D eigenvalue weighted by atomic mass is 32.2. The molecular formula is C19H26N2O5S. The average molecular weight is 394 g/mol. The van der Waals surface area contributed by atoms with Crippen LogP contribution in [0.5, 0.6) is 0 Å². The van der Waals surface area contributed by atoms with E-state index < -0.39 is 16.0 Å². The number of carbonyl (C=O) groups excluding carboxylic acids is 2. The first-order chi connectivity index (χ1) is 12.7. The van der Waals surface area contributed by atoms with Crippen LogP contribution in [-0.4, -0.2) is 51.1 Å². The Labute approximate surface area is 160 Å². The van der Waals surface area contributed by atoms with Crippen molar-refractivity contribution in [3.63, 3.8) is 0 Å². The first kappa shape index (κ1) is 19.8. The Morgan fingerprint density at radius 2 is 1.78 bits per heavy atom. The summed E-state index contributed by atoms with van der Waals surface area (Å²) in [6.07, 6.45) is 6.13. The number of hydrogen-bond donors (Lipinski definition) is 1. The summed E-state index contributed by atoms with van der Waals surface area (Å²) in [6.45, 7) is 0.649. The Morgan fingerprint density at radius 3 is 2.33 bits per heavy atom. The number of benzene rings is 1. The van der Waals surface area contributed by atoms with E-state index in [1.807, 2.05) is 0 Å². The second-order valence-corrected chi connectivity index (χ2v) is 9.57. The molecule has 8 heteroatoms. The molecule has 1 saturated carbocycles. The first-order valence-electron chi connectivity index (χ1n) is 9.19. The van der Waals surface area contributed by atoms with Gasteiger partial charge in [-0.25, -0.2) is 17.5 Å². The molecule has 1 amide bonds. The highest BCUT2D eigenvalue weighted by Gasteiger charge is 2.52. The molecule has 0 bridgehead atoms. The minimum absolute atomic E-state index is 0.158. The van der Waals surface area contributed by atoms with Gasteiger partial charge in [-0.3, -0.25) is 4.79 Å². The van der Waals surface area contributed by atoms with Gasteiger partial charge in [-0.1, -0.05) is 19.3 Å². The average Bonchev–Trinajstić information content (AvgIpc) is 3.01. The van der Waals surface area contributed by atoms with Crippen molar-refractivity contribution in [2.75, 3.05) is 31.8 Å². The lowest BCUT2D eigenvalue weighted by molar-refractivity contribution is -0.123. The van der Waals surface area contributed by atoms with Crippen LogP contribution in [0, 0.1) is 11.3 Å². The monoisotopic (exact) mass is 394 g/mol. The molecule has 2 aliphatic rings. The fourth-order valence-electron chi connectivity index (χ4n) is 4.34. The Balaban J connectivity index is 1.78. The van der Waals surface area contributed by atoms with Gasteiger partial charge in [-0.05, 0) is 42.5 Å². The smallest absolute Gasteiger partial charge is 0.337 e. The molecule has 1 saturated heterocycles. The van der Waals surface area contributed by atoms with Crippen LogP contribution in [0.3, 0.4) is 0 Å². The van der Waals surface area contributed by atoms with E-state index >= 15 is 0 Å². The number of sulfonamides is 1. The lowest BCUT2D eigenvalue weighted by Crippen LogP contribution is -2.39. The van der Waals surface area contributed by atoms with Gasteiger partial charge < -0.3 is 10.1 Å². The molecule has 1 aromatic carbocycles. The van der Waals surface area contributed by atoms with Crippen LogP contribution < -0.4 is 5.32 Å². The molecular weight excluding hydrogens is 368 g/mol. The second-order valence-electron chi connectivity index (χ2n) is 7.59. The van der Waals surface area contributed by atoms with Crippen LogP contribution >= 0.6 is 0 Å². The Kier molecular flexibility index (Phi) is 5.58. The summed E-state index contributed by atoms with van der Waals surface area (Å²) < 4.78 is 30.2. The molecule has 1 aliphatic heterocycles. The molecule has 27 heavy (non-hydrogen) atoms. The number of carbonyl (C=O) groups is 2. The largest absolute Gasteiger partial charge is 0.465 e. The number of amides is 1. The standard InChI is InChI=1S/C19H26N2O5S/c1-26-18(23)14-6-8-15(9-7-14)20-17(22)16-12-21(27(2,24)25)13-19(16)10-4-3-5-11-19/h6-9,16H,3-5,10-13H2,1-2H3,(H,20,22)/t16-/m1/s1. The normalized spacial score (nSPS) is 22.5. The highest BCUT2D eigenvalue weighted by molar-refractivity contribution is 7.88. The molecule has 1 atom stereocenters. The summed E-state index contributed by atoms with van der Waals surface area (Å²) in [7, 11) is -2.02. The van der Waals surface area contributed by atoms with Gasteiger partial charge in [-0.15, -0.1) is 0 Å². The van der Waals surface area contributed by atoms with Gasteiger partial charge in [0, 0.05) is 18.8 Å². The van der Waals surface area contributed by atoms with Gasteiger partial charge in [0.15, 0.2) is 0 Å². The van der Waals surface area contributed by atoms with Crippen molar-refractivity contribution in [1.82, 2.24) is 4.31 Å². The number of methoxy groups -OCH3 is 1. The zero-order chi connectivity index (χ0) is 19.7. The molecule has 1 aromatic rings. The maximum Gasteiger partial charge on any atom is 0.337 e. The van der Waals surface area contributed by atoms with E-state index in [2.05, 4.69) is 10.1 Å². The van der Waals surface area contributed by atoms with Crippen molar-refractivity contribution >= 4 is 27.6 Å². The molecule has 1 heterocycles. The molecule has 7 nitrogen and oxygen atoms in total. The SMILES string of the molecule is COC(=O)c1ccc(NC(=O)[C@H]2CN(S(C)(=O)=O)CC23CCCCC3)cc1. The zero-order valence-electron chi connectivity index (χ0n) is 15.7. The highest BCUT2D eigenvalue weighted by Crippen LogP contribution is 2.48. The van der Waals surface area contributed by atoms with Gasteiger partial charge >= 0.3 is 5.97 Å². The van der Waals surface area contributed by atoms with Crippen LogP contribution in [0.15, 0.2) is 24.3 Å². The predicted octanol–water partition coefficient (Wildman–Crippen LogP) is 2.25. The molecule has 1 spiro atoms. The maximum atomic E-state index is 13.0. The summed E-state index contributed by atoms with van der Waals surface area (Å²) in [4.78, 5) is 24.5. The third-order valence-electron chi connectivity index (χ3n) is 5.83. The quantitative estimate of drug-likeness (QED) is 0.791. The van der Waals surface area contributed by atoms with Crippen molar-refractivity contribution in [1.29, 1.82) is 0 Å². The topological polar surface area (TPSA) is 92.8 Å². The summed E-state index contributed by atoms with van der Waals surface area (Å²) in [5.74, 6) is -0.963. The van der Waals surface area contributed by atoms with Crippen LogP contribution in [0.1, 0.15) is 42.5 Å². The number of hydrogen-bond acceptors (Lipinski definition) is 5. The summed E-state index contributed by atoms with van der Waals surface area (Å²) in [5, 5.41) is 2.90. The van der Waals surface area contributed by atoms with Crippen molar-refractivity contribution < 1.29 is 22.7 Å². The van der Waals surface area contributed by atoms with Crippen molar-refractivity contribution in [2.24, 2.45) is 11.3 Å². The number of nitrogens with zero attached hydrogens (tertiary/aromatic N) is 1. The third kappa shape index (κ3) is 4.16. The third-order valence-corrected chi connectivity index (χ3v) is 7.04. The van der Waals surface area contributed by atoms with Gasteiger partial charge in [0.25, 0.3) is 0 Å². The Bertz CT molecular complexity index is 813. The van der Waals surface area contributed by atoms with E-state index in [1.54, 1.807) is 24.3 Å². The van der Waals surface area contributed by atoms with Crippen LogP contribution in [-0.2, 0) is 19.6 Å². The molecule has 3 rings (SSSR count). The van der Waals surface area contributed by atoms with E-state index in [-0.39, 0.29) is 23.8 Å². The van der Waals surface area contributed by atoms with Crippen LogP contribution in [0.25, 0.3) is 0 Å². The molecule has 148 valence electrons. The number of rotatable bonds is 4. The minimum Gasteiger partial charge on any atom is -0.465 e. The maximum absolute atomic E-state index is 13.0. The van der Waals surface area contributed by atoms with E-state index in [0.29, 0.717) is 17.8 Å². The molecule has 0 unspecified atom stereocenters. The van der Waals surface area contributed by atoms with E-state index in [1.165, 1.54) is 17.7 Å². The summed E-state index contributed by atoms with van der Waals surface area (Å²) in [6, 6.07) is 6.49. The first-order valence-corrected chi connectivity index (χ1v) is 11.0. The molecule has 0 aromatic heterocycles. The van der Waals surface area contributed by atoms with Crippen molar-refractivity contribution in [3.8, 4) is 0 Å². The van der Waals surface area contributed by atoms with Gasteiger partial charge in [0.05, 0.1) is 24.8 Å². The molecule has 1 aliphatic carbocycles. The van der Waals surface area contributed by atoms with Gasteiger partial charge in [0.1, 0.15) is 0 Å². The van der Waals surface area contributed by atoms with Crippen LogP contribution in [0.2, 0.25) is 0 Å². The Hall–Kier alpha value is -1.93. The summed E-state index contributed by atoms with van der Waals surface area (Å²) >= 11 is 0. The van der Waals surface area contributed by atoms with Crippen LogP contribution in [0.4, 0.5) is 5.69 Å². The van der Waals surface area contributed by atoms with E-state index in [0.717, 1.165) is 32.1 Å². The lowest BCUT2D eigenvalue weighted by atomic mass is 9.67. The number of anilines is 1. The predicted molar refractivity (Wildman–Crippen MR) is 102 cm³/mol. The molecule has 2 fully saturated rings.